The topological polar surface area (TPSA) is 65.7 Å². The van der Waals surface area contributed by atoms with Gasteiger partial charge in [-0.1, -0.05) is 13.8 Å². The lowest BCUT2D eigenvalue weighted by atomic mass is 9.98. The lowest BCUT2D eigenvalue weighted by Gasteiger charge is -2.26. The van der Waals surface area contributed by atoms with Crippen molar-refractivity contribution in [2.24, 2.45) is 12.0 Å². The average molecular weight is 449 g/mol. The molecule has 24 heavy (non-hydrogen) atoms. The van der Waals surface area contributed by atoms with E-state index in [-0.39, 0.29) is 24.0 Å². The summed E-state index contributed by atoms with van der Waals surface area (Å²) in [4.78, 5) is 7.00. The van der Waals surface area contributed by atoms with Gasteiger partial charge in [-0.05, 0) is 31.7 Å². The highest BCUT2D eigenvalue weighted by atomic mass is 127. The fourth-order valence-corrected chi connectivity index (χ4v) is 3.00. The molecular formula is C17H32IN5O. The lowest BCUT2D eigenvalue weighted by molar-refractivity contribution is 0.0416. The highest BCUT2D eigenvalue weighted by molar-refractivity contribution is 14.0. The molecule has 2 N–H and O–H groups in total. The Hall–Kier alpha value is -0.830. The van der Waals surface area contributed by atoms with E-state index in [1.807, 2.05) is 31.8 Å². The number of guanidine groups is 1. The number of aromatic nitrogens is 2. The molecule has 0 saturated carbocycles. The van der Waals surface area contributed by atoms with Gasteiger partial charge in [-0.3, -0.25) is 9.67 Å². The quantitative estimate of drug-likeness (QED) is 0.398. The van der Waals surface area contributed by atoms with Crippen LogP contribution in [0.3, 0.4) is 0 Å². The van der Waals surface area contributed by atoms with Crippen molar-refractivity contribution in [1.29, 1.82) is 0 Å². The third-order valence-corrected chi connectivity index (χ3v) is 4.86. The van der Waals surface area contributed by atoms with E-state index >= 15 is 0 Å². The number of hydrogen-bond donors (Lipinski definition) is 2. The number of aliphatic hydroxyl groups is 1. The van der Waals surface area contributed by atoms with Crippen LogP contribution in [0.2, 0.25) is 0 Å². The molecule has 1 saturated heterocycles. The summed E-state index contributed by atoms with van der Waals surface area (Å²) >= 11 is 0. The van der Waals surface area contributed by atoms with Gasteiger partial charge in [-0.15, -0.1) is 24.0 Å². The van der Waals surface area contributed by atoms with Gasteiger partial charge < -0.3 is 15.3 Å². The number of aliphatic imine (C=N–C) groups is 1. The summed E-state index contributed by atoms with van der Waals surface area (Å²) in [5.74, 6) is 1.42. The number of nitrogens with one attached hydrogen (secondary N) is 1. The molecule has 6 nitrogen and oxygen atoms in total. The zero-order valence-electron chi connectivity index (χ0n) is 15.3. The van der Waals surface area contributed by atoms with E-state index in [9.17, 15) is 5.11 Å². The highest BCUT2D eigenvalue weighted by Gasteiger charge is 2.28. The molecule has 1 fully saturated rings. The Labute approximate surface area is 162 Å². The Bertz CT molecular complexity index is 527. The minimum atomic E-state index is -0.691. The fraction of sp³-hybridized carbons (Fsp3) is 0.765. The molecule has 0 radical (unpaired) electrons. The van der Waals surface area contributed by atoms with E-state index in [0.717, 1.165) is 44.9 Å². The van der Waals surface area contributed by atoms with Crippen LogP contribution in [0.25, 0.3) is 0 Å². The van der Waals surface area contributed by atoms with Crippen LogP contribution in [0.1, 0.15) is 51.5 Å². The van der Waals surface area contributed by atoms with Gasteiger partial charge in [0.15, 0.2) is 5.96 Å². The molecule has 1 unspecified atom stereocenters. The Morgan fingerprint density at radius 2 is 2.12 bits per heavy atom. The van der Waals surface area contributed by atoms with Gasteiger partial charge in [0, 0.05) is 38.8 Å². The molecule has 0 bridgehead atoms. The van der Waals surface area contributed by atoms with E-state index < -0.39 is 5.60 Å². The number of hydrogen-bond acceptors (Lipinski definition) is 3. The summed E-state index contributed by atoms with van der Waals surface area (Å²) in [7, 11) is 1.96. The Balaban J connectivity index is 0.00000288. The van der Waals surface area contributed by atoms with E-state index in [4.69, 9.17) is 4.99 Å². The predicted octanol–water partition coefficient (Wildman–Crippen LogP) is 2.34. The summed E-state index contributed by atoms with van der Waals surface area (Å²) in [6.45, 7) is 9.34. The van der Waals surface area contributed by atoms with Gasteiger partial charge in [0.1, 0.15) is 0 Å². The standard InChI is InChI=1S/C17H31N5O.HI/c1-5-17(23,6-2)13-19-16(18-7-3)22-9-8-14(12-22)15-10-20-21(4)11-15;/h10-11,14,23H,5-9,12-13H2,1-4H3,(H,18,19);1H. The number of likely N-dealkylation sites (tertiary alicyclic amines) is 1. The molecule has 2 rings (SSSR count). The van der Waals surface area contributed by atoms with Crippen molar-refractivity contribution in [2.75, 3.05) is 26.2 Å². The number of halogens is 1. The van der Waals surface area contributed by atoms with Crippen LogP contribution < -0.4 is 5.32 Å². The van der Waals surface area contributed by atoms with Crippen molar-refractivity contribution < 1.29 is 5.11 Å². The zero-order valence-corrected chi connectivity index (χ0v) is 17.7. The van der Waals surface area contributed by atoms with Crippen molar-refractivity contribution in [3.63, 3.8) is 0 Å². The second kappa shape index (κ2) is 9.60. The molecule has 1 aliphatic rings. The van der Waals surface area contributed by atoms with Gasteiger partial charge >= 0.3 is 0 Å². The first-order valence-electron chi connectivity index (χ1n) is 8.75. The van der Waals surface area contributed by atoms with Crippen molar-refractivity contribution in [3.05, 3.63) is 18.0 Å². The lowest BCUT2D eigenvalue weighted by Crippen LogP contribution is -2.41. The van der Waals surface area contributed by atoms with Crippen molar-refractivity contribution in [3.8, 4) is 0 Å². The maximum absolute atomic E-state index is 10.5. The van der Waals surface area contributed by atoms with Crippen LogP contribution in [0.4, 0.5) is 0 Å². The molecule has 0 spiro atoms. The van der Waals surface area contributed by atoms with E-state index in [0.29, 0.717) is 12.5 Å². The van der Waals surface area contributed by atoms with Crippen molar-refractivity contribution in [2.45, 2.75) is 51.6 Å². The summed E-state index contributed by atoms with van der Waals surface area (Å²) < 4.78 is 1.86. The molecule has 138 valence electrons. The van der Waals surface area contributed by atoms with E-state index in [2.05, 4.69) is 28.4 Å². The molecule has 1 aromatic rings. The molecule has 1 aromatic heterocycles. The first-order chi connectivity index (χ1) is 11.0. The van der Waals surface area contributed by atoms with E-state index in [1.165, 1.54) is 5.56 Å². The number of aryl methyl sites for hydroxylation is 1. The Morgan fingerprint density at radius 1 is 1.42 bits per heavy atom. The highest BCUT2D eigenvalue weighted by Crippen LogP contribution is 2.26. The molecule has 7 heteroatoms. The van der Waals surface area contributed by atoms with E-state index in [1.54, 1.807) is 0 Å². The van der Waals surface area contributed by atoms with Gasteiger partial charge in [-0.2, -0.15) is 5.10 Å². The molecule has 0 aromatic carbocycles. The van der Waals surface area contributed by atoms with Crippen molar-refractivity contribution >= 4 is 29.9 Å². The normalized spacial score (nSPS) is 18.6. The summed E-state index contributed by atoms with van der Waals surface area (Å²) in [6, 6.07) is 0. The van der Waals surface area contributed by atoms with Crippen LogP contribution in [0.5, 0.6) is 0 Å². The molecule has 1 atom stereocenters. The zero-order chi connectivity index (χ0) is 16.9. The van der Waals surface area contributed by atoms with Gasteiger partial charge in [0.2, 0.25) is 0 Å². The SMILES string of the molecule is CCNC(=NCC(O)(CC)CC)N1CCC(c2cnn(C)c2)C1.I. The first kappa shape index (κ1) is 21.2. The average Bonchev–Trinajstić information content (AvgIpc) is 3.20. The minimum absolute atomic E-state index is 0. The largest absolute Gasteiger partial charge is 0.388 e. The molecule has 0 amide bonds. The molecule has 0 aliphatic carbocycles. The van der Waals surface area contributed by atoms with Gasteiger partial charge in [0.05, 0.1) is 18.3 Å². The molecular weight excluding hydrogens is 417 g/mol. The van der Waals surface area contributed by atoms with Crippen LogP contribution in [0.15, 0.2) is 17.4 Å². The maximum Gasteiger partial charge on any atom is 0.194 e. The smallest absolute Gasteiger partial charge is 0.194 e. The second-order valence-corrected chi connectivity index (χ2v) is 6.48. The van der Waals surface area contributed by atoms with Crippen LogP contribution >= 0.6 is 24.0 Å². The minimum Gasteiger partial charge on any atom is -0.388 e. The summed E-state index contributed by atoms with van der Waals surface area (Å²) in [6.07, 6.45) is 6.63. The summed E-state index contributed by atoms with van der Waals surface area (Å²) in [5, 5.41) is 18.1. The number of nitrogens with zero attached hydrogens (tertiary/aromatic N) is 4. The second-order valence-electron chi connectivity index (χ2n) is 6.48. The van der Waals surface area contributed by atoms with Crippen LogP contribution in [-0.2, 0) is 7.05 Å². The predicted molar refractivity (Wildman–Crippen MR) is 109 cm³/mol. The molecule has 2 heterocycles. The monoisotopic (exact) mass is 449 g/mol. The third kappa shape index (κ3) is 5.34. The van der Waals surface area contributed by atoms with Crippen LogP contribution in [0, 0.1) is 0 Å². The first-order valence-corrected chi connectivity index (χ1v) is 8.75. The van der Waals surface area contributed by atoms with Crippen LogP contribution in [-0.4, -0.2) is 57.5 Å². The fourth-order valence-electron chi connectivity index (χ4n) is 3.00. The van der Waals surface area contributed by atoms with Gasteiger partial charge in [0.25, 0.3) is 0 Å². The van der Waals surface area contributed by atoms with Crippen molar-refractivity contribution in [1.82, 2.24) is 20.0 Å². The Morgan fingerprint density at radius 3 is 2.67 bits per heavy atom. The van der Waals surface area contributed by atoms with Gasteiger partial charge in [-0.25, -0.2) is 0 Å². The number of rotatable bonds is 6. The third-order valence-electron chi connectivity index (χ3n) is 4.86. The summed E-state index contributed by atoms with van der Waals surface area (Å²) in [5.41, 5.74) is 0.604. The molecule has 1 aliphatic heterocycles. The Kier molecular flexibility index (Phi) is 8.49. The maximum atomic E-state index is 10.5.